The SMILES string of the molecule is COc1ccc(CNc2ccc(C3CCC(c4ccc(NCc5ccc(OC)cc5)c(NC(=O)[C@@H]5CCCN5)c4)N3c3ccc(C(C)(C)C)cc3)cc2NC(=O)C2CCCN2)cc1. The van der Waals surface area contributed by atoms with Gasteiger partial charge in [-0.1, -0.05) is 69.3 Å². The van der Waals surface area contributed by atoms with E-state index in [0.29, 0.717) is 13.1 Å². The molecule has 6 N–H and O–H groups in total. The van der Waals surface area contributed by atoms with Gasteiger partial charge in [0, 0.05) is 18.8 Å². The van der Waals surface area contributed by atoms with Crippen molar-refractivity contribution in [2.24, 2.45) is 0 Å². The highest BCUT2D eigenvalue weighted by Gasteiger charge is 2.37. The topological polar surface area (TPSA) is 128 Å². The van der Waals surface area contributed by atoms with Gasteiger partial charge in [-0.05, 0) is 146 Å². The van der Waals surface area contributed by atoms with E-state index in [0.717, 1.165) is 114 Å². The molecule has 0 bridgehead atoms. The summed E-state index contributed by atoms with van der Waals surface area (Å²) in [7, 11) is 3.34. The lowest BCUT2D eigenvalue weighted by atomic mass is 9.87. The molecule has 8 rings (SSSR count). The van der Waals surface area contributed by atoms with Crippen molar-refractivity contribution < 1.29 is 19.1 Å². The number of carbonyl (C=O) groups excluding carboxylic acids is 2. The minimum atomic E-state index is -0.218. The number of ether oxygens (including phenoxy) is 2. The van der Waals surface area contributed by atoms with Crippen LogP contribution in [-0.2, 0) is 28.1 Å². The number of carbonyl (C=O) groups is 2. The monoisotopic (exact) mass is 849 g/mol. The summed E-state index contributed by atoms with van der Waals surface area (Å²) in [6.45, 7) is 9.59. The first-order valence-electron chi connectivity index (χ1n) is 22.5. The van der Waals surface area contributed by atoms with Gasteiger partial charge in [0.15, 0.2) is 0 Å². The third-order valence-corrected chi connectivity index (χ3v) is 12.8. The van der Waals surface area contributed by atoms with Crippen LogP contribution in [0.15, 0.2) is 109 Å². The number of benzene rings is 5. The fraction of sp³-hybridized carbons (Fsp3) is 0.385. The normalized spacial score (nSPS) is 19.7. The first-order valence-corrected chi connectivity index (χ1v) is 22.5. The second kappa shape index (κ2) is 19.6. The van der Waals surface area contributed by atoms with E-state index in [-0.39, 0.29) is 41.4 Å². The van der Waals surface area contributed by atoms with Crippen LogP contribution in [0.3, 0.4) is 0 Å². The van der Waals surface area contributed by atoms with Crippen molar-refractivity contribution >= 4 is 40.3 Å². The summed E-state index contributed by atoms with van der Waals surface area (Å²) in [5, 5.41) is 20.6. The zero-order valence-corrected chi connectivity index (χ0v) is 37.4. The van der Waals surface area contributed by atoms with Crippen molar-refractivity contribution in [3.05, 3.63) is 137 Å². The molecule has 0 aromatic heterocycles. The lowest BCUT2D eigenvalue weighted by molar-refractivity contribution is -0.118. The number of nitrogens with one attached hydrogen (secondary N) is 6. The number of amides is 2. The van der Waals surface area contributed by atoms with Crippen LogP contribution in [0.5, 0.6) is 11.5 Å². The Morgan fingerprint density at radius 1 is 0.587 bits per heavy atom. The van der Waals surface area contributed by atoms with Crippen molar-refractivity contribution in [2.45, 2.75) is 102 Å². The fourth-order valence-corrected chi connectivity index (χ4v) is 9.15. The second-order valence-corrected chi connectivity index (χ2v) is 18.1. The molecule has 0 aliphatic carbocycles. The minimum absolute atomic E-state index is 0.00814. The minimum Gasteiger partial charge on any atom is -0.497 e. The van der Waals surface area contributed by atoms with Crippen LogP contribution in [0.2, 0.25) is 0 Å². The maximum atomic E-state index is 13.7. The van der Waals surface area contributed by atoms with Crippen molar-refractivity contribution in [3.63, 3.8) is 0 Å². The molecule has 63 heavy (non-hydrogen) atoms. The molecule has 0 saturated carbocycles. The van der Waals surface area contributed by atoms with E-state index >= 15 is 0 Å². The molecule has 0 spiro atoms. The number of nitrogens with zero attached hydrogens (tertiary/aromatic N) is 1. The van der Waals surface area contributed by atoms with Gasteiger partial charge in [0.2, 0.25) is 11.8 Å². The highest BCUT2D eigenvalue weighted by Crippen LogP contribution is 2.49. The fourth-order valence-electron chi connectivity index (χ4n) is 9.15. The van der Waals surface area contributed by atoms with Gasteiger partial charge in [0.1, 0.15) is 11.5 Å². The molecule has 3 aliphatic rings. The van der Waals surface area contributed by atoms with E-state index < -0.39 is 0 Å². The molecule has 3 saturated heterocycles. The molecule has 2 amide bonds. The van der Waals surface area contributed by atoms with Gasteiger partial charge in [-0.2, -0.15) is 0 Å². The largest absolute Gasteiger partial charge is 0.497 e. The number of methoxy groups -OCH3 is 2. The first-order chi connectivity index (χ1) is 30.6. The van der Waals surface area contributed by atoms with Crippen molar-refractivity contribution in [1.82, 2.24) is 10.6 Å². The maximum absolute atomic E-state index is 13.7. The third kappa shape index (κ3) is 10.4. The van der Waals surface area contributed by atoms with Crippen molar-refractivity contribution in [3.8, 4) is 11.5 Å². The standard InChI is InChI=1S/C52H63N7O4/c1-52(2,3)38-16-18-39(19-17-38)59-48(36-14-24-42(55-32-34-10-20-40(62-4)21-11-34)46(30-36)57-50(60)44-8-6-28-53-44)26-27-49(59)37-15-25-43(56-33-35-12-22-41(63-5)23-13-35)47(31-37)58-51(61)45-9-7-29-54-45/h10-25,30-31,44-45,48-49,53-56H,6-9,26-29,32-33H2,1-5H3,(H,57,60)(H,58,61)/t44-,45?,48?,49?/m0/s1. The van der Waals surface area contributed by atoms with Crippen LogP contribution in [0.25, 0.3) is 0 Å². The summed E-state index contributed by atoms with van der Waals surface area (Å²) < 4.78 is 10.8. The van der Waals surface area contributed by atoms with Gasteiger partial charge in [-0.25, -0.2) is 0 Å². The molecule has 11 heteroatoms. The van der Waals surface area contributed by atoms with Gasteiger partial charge in [-0.15, -0.1) is 0 Å². The van der Waals surface area contributed by atoms with Crippen molar-refractivity contribution in [1.29, 1.82) is 0 Å². The summed E-state index contributed by atoms with van der Waals surface area (Å²) in [6.07, 6.45) is 5.39. The van der Waals surface area contributed by atoms with Crippen LogP contribution in [0.4, 0.5) is 28.4 Å². The van der Waals surface area contributed by atoms with E-state index in [2.05, 4.69) is 118 Å². The summed E-state index contributed by atoms with van der Waals surface area (Å²) in [6, 6.07) is 37.6. The Kier molecular flexibility index (Phi) is 13.5. The summed E-state index contributed by atoms with van der Waals surface area (Å²) in [5.74, 6) is 1.60. The maximum Gasteiger partial charge on any atom is 0.241 e. The van der Waals surface area contributed by atoms with Gasteiger partial charge < -0.3 is 46.3 Å². The number of rotatable bonds is 15. The molecule has 3 unspecified atom stereocenters. The quantitative estimate of drug-likeness (QED) is 0.0611. The Bertz CT molecular complexity index is 2190. The average Bonchev–Trinajstić information content (AvgIpc) is 4.12. The van der Waals surface area contributed by atoms with Crippen LogP contribution in [0, 0.1) is 0 Å². The lowest BCUT2D eigenvalue weighted by Gasteiger charge is -2.34. The lowest BCUT2D eigenvalue weighted by Crippen LogP contribution is -2.35. The Morgan fingerprint density at radius 3 is 1.41 bits per heavy atom. The van der Waals surface area contributed by atoms with Crippen LogP contribution >= 0.6 is 0 Å². The number of hydrogen-bond acceptors (Lipinski definition) is 9. The van der Waals surface area contributed by atoms with Gasteiger partial charge in [-0.3, -0.25) is 9.59 Å². The second-order valence-electron chi connectivity index (χ2n) is 18.1. The zero-order chi connectivity index (χ0) is 43.9. The molecule has 11 nitrogen and oxygen atoms in total. The molecule has 330 valence electrons. The average molecular weight is 850 g/mol. The Morgan fingerprint density at radius 2 is 1.03 bits per heavy atom. The van der Waals surface area contributed by atoms with Gasteiger partial charge in [0.05, 0.1) is 61.1 Å². The van der Waals surface area contributed by atoms with E-state index in [1.807, 2.05) is 48.5 Å². The predicted molar refractivity (Wildman–Crippen MR) is 255 cm³/mol. The Hall–Kier alpha value is -6.04. The van der Waals surface area contributed by atoms with Gasteiger partial charge in [0.25, 0.3) is 0 Å². The highest BCUT2D eigenvalue weighted by atomic mass is 16.5. The van der Waals surface area contributed by atoms with E-state index in [1.165, 1.54) is 5.56 Å². The van der Waals surface area contributed by atoms with E-state index in [1.54, 1.807) is 14.2 Å². The van der Waals surface area contributed by atoms with E-state index in [9.17, 15) is 9.59 Å². The molecule has 0 radical (unpaired) electrons. The highest BCUT2D eigenvalue weighted by molar-refractivity contribution is 5.99. The summed E-state index contributed by atoms with van der Waals surface area (Å²) in [5.41, 5.74) is 10.1. The third-order valence-electron chi connectivity index (χ3n) is 12.8. The summed E-state index contributed by atoms with van der Waals surface area (Å²) in [4.78, 5) is 29.9. The van der Waals surface area contributed by atoms with Crippen LogP contribution in [0.1, 0.15) is 99.2 Å². The molecule has 5 aromatic carbocycles. The number of hydrogen-bond donors (Lipinski definition) is 6. The molecule has 3 aliphatic heterocycles. The van der Waals surface area contributed by atoms with Crippen LogP contribution < -0.4 is 46.3 Å². The van der Waals surface area contributed by atoms with E-state index in [4.69, 9.17) is 9.47 Å². The molecular formula is C52H63N7O4. The Balaban J connectivity index is 1.13. The molecular weight excluding hydrogens is 787 g/mol. The Labute approximate surface area is 372 Å². The van der Waals surface area contributed by atoms with Crippen LogP contribution in [-0.4, -0.2) is 51.2 Å². The summed E-state index contributed by atoms with van der Waals surface area (Å²) >= 11 is 0. The molecule has 3 fully saturated rings. The molecule has 4 atom stereocenters. The smallest absolute Gasteiger partial charge is 0.241 e. The van der Waals surface area contributed by atoms with Gasteiger partial charge >= 0.3 is 0 Å². The number of anilines is 5. The van der Waals surface area contributed by atoms with Crippen molar-refractivity contribution in [2.75, 3.05) is 53.5 Å². The zero-order valence-electron chi connectivity index (χ0n) is 37.4. The predicted octanol–water partition coefficient (Wildman–Crippen LogP) is 9.69. The first kappa shape index (κ1) is 43.6. The molecule has 5 aromatic rings. The molecule has 3 heterocycles.